The summed E-state index contributed by atoms with van der Waals surface area (Å²) in [4.78, 5) is 34.3. The molecule has 1 aliphatic heterocycles. The van der Waals surface area contributed by atoms with Crippen molar-refractivity contribution < 1.29 is 33.4 Å². The summed E-state index contributed by atoms with van der Waals surface area (Å²) in [5, 5.41) is 12.1. The van der Waals surface area contributed by atoms with E-state index in [2.05, 4.69) is 0 Å². The molecule has 0 spiro atoms. The molecule has 0 bridgehead atoms. The highest BCUT2D eigenvalue weighted by Gasteiger charge is 2.50. The summed E-state index contributed by atoms with van der Waals surface area (Å²) in [5.41, 5.74) is 2.01. The number of imide groups is 1. The minimum absolute atomic E-state index is 0.181. The summed E-state index contributed by atoms with van der Waals surface area (Å²) in [7, 11) is 2.94. The predicted molar refractivity (Wildman–Crippen MR) is 132 cm³/mol. The molecule has 0 aliphatic carbocycles. The summed E-state index contributed by atoms with van der Waals surface area (Å²) >= 11 is 0. The number of aliphatic hydroxyl groups excluding tert-OH is 1. The van der Waals surface area contributed by atoms with Crippen molar-refractivity contribution in [3.63, 3.8) is 0 Å². The summed E-state index contributed by atoms with van der Waals surface area (Å²) in [5.74, 6) is -1.11. The van der Waals surface area contributed by atoms with Crippen LogP contribution < -0.4 is 4.74 Å². The first-order valence-corrected chi connectivity index (χ1v) is 11.8. The van der Waals surface area contributed by atoms with Crippen molar-refractivity contribution in [2.75, 3.05) is 21.0 Å². The van der Waals surface area contributed by atoms with Gasteiger partial charge in [-0.2, -0.15) is 0 Å². The number of aliphatic hydroxyl groups is 1. The second-order valence-corrected chi connectivity index (χ2v) is 8.67. The van der Waals surface area contributed by atoms with Gasteiger partial charge in [0.25, 0.3) is 11.8 Å². The Labute approximate surface area is 214 Å². The van der Waals surface area contributed by atoms with Crippen LogP contribution in [0.25, 0.3) is 0 Å². The second kappa shape index (κ2) is 12.1. The number of hydroxylamine groups is 2. The average molecular weight is 509 g/mol. The smallest absolute Gasteiger partial charge is 0.274 e. The first-order valence-electron chi connectivity index (χ1n) is 11.8. The fraction of sp³-hybridized carbons (Fsp3) is 0.286. The zero-order valence-electron chi connectivity index (χ0n) is 20.6. The number of hydrogen-bond donors (Lipinski definition) is 1. The maximum atomic E-state index is 13.7. The lowest BCUT2D eigenvalue weighted by molar-refractivity contribution is -0.237. The first kappa shape index (κ1) is 26.4. The number of amides is 2. The monoisotopic (exact) mass is 508 g/mol. The molecule has 194 valence electrons. The molecule has 1 heterocycles. The zero-order valence-corrected chi connectivity index (χ0v) is 20.6. The molecule has 3 atom stereocenters. The molecule has 37 heavy (non-hydrogen) atoms. The van der Waals surface area contributed by atoms with Crippen molar-refractivity contribution in [3.05, 3.63) is 101 Å². The summed E-state index contributed by atoms with van der Waals surface area (Å²) in [6.07, 6.45) is -1.10. The van der Waals surface area contributed by atoms with Crippen LogP contribution in [0.3, 0.4) is 0 Å². The number of nitrogens with zero attached hydrogens (tertiary/aromatic N) is 2. The van der Waals surface area contributed by atoms with Gasteiger partial charge in [0.15, 0.2) is 6.79 Å². The number of hydrogen-bond acceptors (Lipinski definition) is 7. The molecule has 8 nitrogen and oxygen atoms in total. The molecule has 9 heteroatoms. The van der Waals surface area contributed by atoms with E-state index in [4.69, 9.17) is 14.3 Å². The van der Waals surface area contributed by atoms with E-state index in [1.54, 1.807) is 24.1 Å². The van der Waals surface area contributed by atoms with E-state index in [0.717, 1.165) is 11.1 Å². The molecule has 3 aromatic carbocycles. The minimum Gasteiger partial charge on any atom is -0.497 e. The van der Waals surface area contributed by atoms with Crippen molar-refractivity contribution in [1.82, 2.24) is 9.96 Å². The van der Waals surface area contributed by atoms with Crippen LogP contribution in [-0.4, -0.2) is 60.0 Å². The third kappa shape index (κ3) is 6.03. The van der Waals surface area contributed by atoms with Gasteiger partial charge in [-0.3, -0.25) is 14.5 Å². The summed E-state index contributed by atoms with van der Waals surface area (Å²) in [6, 6.07) is 19.9. The molecule has 0 radical (unpaired) electrons. The lowest BCUT2D eigenvalue weighted by Crippen LogP contribution is -2.66. The molecule has 0 saturated carbocycles. The van der Waals surface area contributed by atoms with Crippen LogP contribution in [0.5, 0.6) is 5.75 Å². The number of methoxy groups -OCH3 is 2. The second-order valence-electron chi connectivity index (χ2n) is 8.67. The van der Waals surface area contributed by atoms with Crippen LogP contribution in [0.2, 0.25) is 0 Å². The predicted octanol–water partition coefficient (Wildman–Crippen LogP) is 3.25. The largest absolute Gasteiger partial charge is 0.497 e. The summed E-state index contributed by atoms with van der Waals surface area (Å²) in [6.45, 7) is -0.145. The van der Waals surface area contributed by atoms with Gasteiger partial charge in [-0.25, -0.2) is 9.23 Å². The zero-order chi connectivity index (χ0) is 26.4. The van der Waals surface area contributed by atoms with Crippen molar-refractivity contribution in [2.24, 2.45) is 0 Å². The minimum atomic E-state index is -1.37. The van der Waals surface area contributed by atoms with E-state index in [0.29, 0.717) is 16.4 Å². The van der Waals surface area contributed by atoms with Gasteiger partial charge in [0, 0.05) is 13.7 Å². The van der Waals surface area contributed by atoms with Crippen LogP contribution in [0.15, 0.2) is 78.9 Å². The van der Waals surface area contributed by atoms with Crippen molar-refractivity contribution in [2.45, 2.75) is 31.2 Å². The Morgan fingerprint density at radius 2 is 1.57 bits per heavy atom. The highest BCUT2D eigenvalue weighted by Crippen LogP contribution is 2.32. The maximum absolute atomic E-state index is 13.7. The van der Waals surface area contributed by atoms with Gasteiger partial charge in [-0.05, 0) is 47.4 Å². The van der Waals surface area contributed by atoms with Gasteiger partial charge >= 0.3 is 0 Å². The molecule has 1 N–H and O–H groups in total. The van der Waals surface area contributed by atoms with Gasteiger partial charge in [0.1, 0.15) is 23.7 Å². The number of carbonyl (C=O) groups is 2. The number of benzene rings is 3. The van der Waals surface area contributed by atoms with Gasteiger partial charge in [-0.15, -0.1) is 5.06 Å². The molecule has 1 aliphatic rings. The topological polar surface area (TPSA) is 88.5 Å². The van der Waals surface area contributed by atoms with Crippen molar-refractivity contribution >= 4 is 11.8 Å². The van der Waals surface area contributed by atoms with Gasteiger partial charge < -0.3 is 14.6 Å². The Bertz CT molecular complexity index is 1190. The van der Waals surface area contributed by atoms with E-state index in [1.165, 1.54) is 31.4 Å². The van der Waals surface area contributed by atoms with Gasteiger partial charge in [0.2, 0.25) is 0 Å². The SMILES string of the molecule is COCON1C(=O)[C@H]([C@H](O)c2ccc(F)cc2)N(Cc2ccc(OC)cc2)[C@@H](Cc2ccccc2)C1=O. The van der Waals surface area contributed by atoms with Crippen LogP contribution in [0.4, 0.5) is 4.39 Å². The van der Waals surface area contributed by atoms with Crippen LogP contribution in [0.1, 0.15) is 22.8 Å². The van der Waals surface area contributed by atoms with E-state index in [-0.39, 0.29) is 19.8 Å². The number of piperazine rings is 1. The molecule has 1 saturated heterocycles. The molecule has 2 amide bonds. The van der Waals surface area contributed by atoms with Crippen LogP contribution in [-0.2, 0) is 32.1 Å². The Morgan fingerprint density at radius 1 is 0.892 bits per heavy atom. The quantitative estimate of drug-likeness (QED) is 0.332. The molecule has 3 aromatic rings. The number of carbonyl (C=O) groups excluding carboxylic acids is 2. The summed E-state index contributed by atoms with van der Waals surface area (Å²) < 4.78 is 23.8. The Hall–Kier alpha value is -3.63. The maximum Gasteiger partial charge on any atom is 0.274 e. The number of rotatable bonds is 10. The highest BCUT2D eigenvalue weighted by atomic mass is 19.1. The Morgan fingerprint density at radius 3 is 2.19 bits per heavy atom. The van der Waals surface area contributed by atoms with Crippen LogP contribution >= 0.6 is 0 Å². The average Bonchev–Trinajstić information content (AvgIpc) is 2.92. The Kier molecular flexibility index (Phi) is 8.62. The van der Waals surface area contributed by atoms with Gasteiger partial charge in [-0.1, -0.05) is 54.6 Å². The fourth-order valence-corrected chi connectivity index (χ4v) is 4.43. The molecule has 1 fully saturated rings. The molecule has 0 aromatic heterocycles. The molecule has 0 unspecified atom stereocenters. The molecular weight excluding hydrogens is 479 g/mol. The third-order valence-corrected chi connectivity index (χ3v) is 6.30. The van der Waals surface area contributed by atoms with E-state index >= 15 is 0 Å². The van der Waals surface area contributed by atoms with E-state index < -0.39 is 35.8 Å². The first-order chi connectivity index (χ1) is 17.9. The molecular formula is C28H29FN2O6. The Balaban J connectivity index is 1.77. The fourth-order valence-electron chi connectivity index (χ4n) is 4.43. The highest BCUT2D eigenvalue weighted by molar-refractivity contribution is 6.02. The van der Waals surface area contributed by atoms with Crippen molar-refractivity contribution in [1.29, 1.82) is 0 Å². The van der Waals surface area contributed by atoms with Gasteiger partial charge in [0.05, 0.1) is 13.2 Å². The lowest BCUT2D eigenvalue weighted by atomic mass is 9.92. The molecule has 4 rings (SSSR count). The number of ether oxygens (including phenoxy) is 2. The lowest BCUT2D eigenvalue weighted by Gasteiger charge is -2.45. The normalized spacial score (nSPS) is 19.2. The van der Waals surface area contributed by atoms with E-state index in [9.17, 15) is 19.1 Å². The van der Waals surface area contributed by atoms with Crippen molar-refractivity contribution in [3.8, 4) is 5.75 Å². The number of halogens is 1. The van der Waals surface area contributed by atoms with Crippen LogP contribution in [0, 0.1) is 5.82 Å². The standard InChI is InChI=1S/C28H29FN2O6/c1-35-18-37-31-27(33)24(16-19-6-4-3-5-7-19)30(17-20-8-14-23(36-2)15-9-20)25(28(31)34)26(32)21-10-12-22(29)13-11-21/h3-15,24-26,32H,16-18H2,1-2H3/t24-,25-,26+/m0/s1. The van der Waals surface area contributed by atoms with E-state index in [1.807, 2.05) is 42.5 Å². The third-order valence-electron chi connectivity index (χ3n) is 6.30.